The zero-order valence-corrected chi connectivity index (χ0v) is 11.5. The van der Waals surface area contributed by atoms with Gasteiger partial charge in [0, 0.05) is 13.0 Å². The minimum absolute atomic E-state index is 0.171. The van der Waals surface area contributed by atoms with Crippen LogP contribution in [0.2, 0.25) is 0 Å². The topological polar surface area (TPSA) is 12.0 Å². The monoisotopic (exact) mass is 257 g/mol. The van der Waals surface area contributed by atoms with E-state index in [0.29, 0.717) is 5.41 Å². The maximum atomic E-state index is 13.0. The normalized spacial score (nSPS) is 44.3. The van der Waals surface area contributed by atoms with Crippen molar-refractivity contribution in [3.63, 3.8) is 0 Å². The molecule has 4 fully saturated rings. The Balaban J connectivity index is 1.67. The van der Waals surface area contributed by atoms with Crippen LogP contribution < -0.4 is 5.32 Å². The zero-order chi connectivity index (χ0) is 13.0. The molecule has 3 heteroatoms. The third kappa shape index (κ3) is 2.31. The zero-order valence-electron chi connectivity index (χ0n) is 11.5. The number of rotatable bonds is 4. The Labute approximate surface area is 109 Å². The molecule has 4 bridgehead atoms. The molecule has 0 aromatic carbocycles. The van der Waals surface area contributed by atoms with Crippen molar-refractivity contribution in [3.05, 3.63) is 0 Å². The molecule has 0 heterocycles. The summed E-state index contributed by atoms with van der Waals surface area (Å²) in [5.74, 6) is 0.0872. The molecule has 0 radical (unpaired) electrons. The third-order valence-corrected chi connectivity index (χ3v) is 5.72. The van der Waals surface area contributed by atoms with E-state index >= 15 is 0 Å². The summed E-state index contributed by atoms with van der Waals surface area (Å²) in [7, 11) is 0. The first-order valence-electron chi connectivity index (χ1n) is 7.47. The van der Waals surface area contributed by atoms with Gasteiger partial charge >= 0.3 is 0 Å². The predicted octanol–water partition coefficient (Wildman–Crippen LogP) is 3.84. The van der Waals surface area contributed by atoms with Crippen molar-refractivity contribution in [1.29, 1.82) is 0 Å². The van der Waals surface area contributed by atoms with Gasteiger partial charge in [0.15, 0.2) is 0 Å². The largest absolute Gasteiger partial charge is 0.308 e. The van der Waals surface area contributed by atoms with Gasteiger partial charge in [-0.2, -0.15) is 0 Å². The van der Waals surface area contributed by atoms with Crippen molar-refractivity contribution < 1.29 is 8.78 Å². The highest BCUT2D eigenvalue weighted by Crippen LogP contribution is 2.61. The van der Waals surface area contributed by atoms with Crippen LogP contribution in [-0.2, 0) is 0 Å². The van der Waals surface area contributed by atoms with Gasteiger partial charge in [-0.25, -0.2) is 8.78 Å². The van der Waals surface area contributed by atoms with Crippen LogP contribution in [0.5, 0.6) is 0 Å². The molecule has 0 aromatic heterocycles. The van der Waals surface area contributed by atoms with Gasteiger partial charge in [0.2, 0.25) is 0 Å². The van der Waals surface area contributed by atoms with Gasteiger partial charge < -0.3 is 5.32 Å². The summed E-state index contributed by atoms with van der Waals surface area (Å²) in [6, 6.07) is 0.247. The fraction of sp³-hybridized carbons (Fsp3) is 1.00. The number of hydrogen-bond donors (Lipinski definition) is 1. The van der Waals surface area contributed by atoms with E-state index in [1.165, 1.54) is 38.5 Å². The molecule has 1 atom stereocenters. The van der Waals surface area contributed by atoms with Crippen LogP contribution in [0.1, 0.15) is 52.4 Å². The number of halogens is 2. The van der Waals surface area contributed by atoms with Crippen LogP contribution in [0.3, 0.4) is 0 Å². The lowest BCUT2D eigenvalue weighted by atomic mass is 9.48. The molecule has 1 N–H and O–H groups in total. The standard InChI is InChI=1S/C15H25F2N/c1-10(18-9-14(2,16)17)15-6-11-3-12(7-15)5-13(4-11)8-15/h10-13,18H,3-9H2,1-2H3. The summed E-state index contributed by atoms with van der Waals surface area (Å²) >= 11 is 0. The molecule has 0 spiro atoms. The second-order valence-corrected chi connectivity index (χ2v) is 7.45. The van der Waals surface area contributed by atoms with Gasteiger partial charge in [-0.3, -0.25) is 0 Å². The molecule has 0 aliphatic heterocycles. The molecule has 4 saturated carbocycles. The van der Waals surface area contributed by atoms with Crippen LogP contribution in [-0.4, -0.2) is 18.5 Å². The fourth-order valence-corrected chi connectivity index (χ4v) is 5.26. The summed E-state index contributed by atoms with van der Waals surface area (Å²) in [5, 5.41) is 3.13. The summed E-state index contributed by atoms with van der Waals surface area (Å²) in [6.45, 7) is 2.97. The Morgan fingerprint density at radius 3 is 1.94 bits per heavy atom. The molecule has 1 nitrogen and oxygen atoms in total. The Morgan fingerprint density at radius 1 is 1.11 bits per heavy atom. The second-order valence-electron chi connectivity index (χ2n) is 7.45. The SMILES string of the molecule is CC(NCC(C)(F)F)C12CC3CC(CC(C3)C1)C2. The van der Waals surface area contributed by atoms with Gasteiger partial charge in [-0.05, 0) is 68.6 Å². The lowest BCUT2D eigenvalue weighted by molar-refractivity contribution is -0.0756. The highest BCUT2D eigenvalue weighted by atomic mass is 19.3. The summed E-state index contributed by atoms with van der Waals surface area (Å²) in [5.41, 5.74) is 0.333. The van der Waals surface area contributed by atoms with Gasteiger partial charge in [0.05, 0.1) is 6.54 Å². The number of alkyl halides is 2. The predicted molar refractivity (Wildman–Crippen MR) is 68.7 cm³/mol. The van der Waals surface area contributed by atoms with E-state index in [0.717, 1.165) is 24.7 Å². The molecule has 104 valence electrons. The first kappa shape index (κ1) is 12.8. The van der Waals surface area contributed by atoms with Crippen LogP contribution >= 0.6 is 0 Å². The Bertz CT molecular complexity index is 286. The lowest BCUT2D eigenvalue weighted by Crippen LogP contribution is -2.55. The van der Waals surface area contributed by atoms with Crippen molar-refractivity contribution >= 4 is 0 Å². The molecule has 4 aliphatic carbocycles. The first-order chi connectivity index (χ1) is 8.36. The van der Waals surface area contributed by atoms with Gasteiger partial charge in [-0.15, -0.1) is 0 Å². The molecule has 0 saturated heterocycles. The van der Waals surface area contributed by atoms with Crippen LogP contribution in [0, 0.1) is 23.2 Å². The molecular formula is C15H25F2N. The van der Waals surface area contributed by atoms with Crippen molar-refractivity contribution in [2.75, 3.05) is 6.54 Å². The minimum atomic E-state index is -2.59. The number of nitrogens with one attached hydrogen (secondary N) is 1. The molecule has 1 unspecified atom stereocenters. The highest BCUT2D eigenvalue weighted by molar-refractivity contribution is 5.05. The maximum Gasteiger partial charge on any atom is 0.257 e. The van der Waals surface area contributed by atoms with E-state index in [1.54, 1.807) is 0 Å². The first-order valence-corrected chi connectivity index (χ1v) is 7.47. The van der Waals surface area contributed by atoms with E-state index in [1.807, 2.05) is 0 Å². The van der Waals surface area contributed by atoms with Crippen LogP contribution in [0.15, 0.2) is 0 Å². The average Bonchev–Trinajstić information content (AvgIpc) is 2.22. The summed E-state index contributed by atoms with van der Waals surface area (Å²) < 4.78 is 26.0. The Kier molecular flexibility index (Phi) is 2.96. The summed E-state index contributed by atoms with van der Waals surface area (Å²) in [4.78, 5) is 0. The molecule has 18 heavy (non-hydrogen) atoms. The van der Waals surface area contributed by atoms with Crippen molar-refractivity contribution in [3.8, 4) is 0 Å². The van der Waals surface area contributed by atoms with Crippen molar-refractivity contribution in [1.82, 2.24) is 5.32 Å². The second kappa shape index (κ2) is 4.16. The van der Waals surface area contributed by atoms with Gasteiger partial charge in [0.25, 0.3) is 5.92 Å². The molecule has 0 aromatic rings. The van der Waals surface area contributed by atoms with E-state index in [9.17, 15) is 8.78 Å². The lowest BCUT2D eigenvalue weighted by Gasteiger charge is -2.59. The van der Waals surface area contributed by atoms with E-state index in [2.05, 4.69) is 12.2 Å². The fourth-order valence-electron chi connectivity index (χ4n) is 5.26. The van der Waals surface area contributed by atoms with E-state index in [4.69, 9.17) is 0 Å². The number of hydrogen-bond acceptors (Lipinski definition) is 1. The molecular weight excluding hydrogens is 232 g/mol. The van der Waals surface area contributed by atoms with E-state index in [-0.39, 0.29) is 12.6 Å². The van der Waals surface area contributed by atoms with Gasteiger partial charge in [-0.1, -0.05) is 0 Å². The molecule has 0 amide bonds. The Morgan fingerprint density at radius 2 is 1.56 bits per heavy atom. The average molecular weight is 257 g/mol. The van der Waals surface area contributed by atoms with E-state index < -0.39 is 5.92 Å². The Hall–Kier alpha value is -0.180. The smallest absolute Gasteiger partial charge is 0.257 e. The van der Waals surface area contributed by atoms with Crippen molar-refractivity contribution in [2.24, 2.45) is 23.2 Å². The van der Waals surface area contributed by atoms with Crippen LogP contribution in [0.25, 0.3) is 0 Å². The summed E-state index contributed by atoms with van der Waals surface area (Å²) in [6.07, 6.45) is 8.08. The minimum Gasteiger partial charge on any atom is -0.308 e. The van der Waals surface area contributed by atoms with Gasteiger partial charge in [0.1, 0.15) is 0 Å². The third-order valence-electron chi connectivity index (χ3n) is 5.72. The highest BCUT2D eigenvalue weighted by Gasteiger charge is 2.53. The molecule has 4 rings (SSSR count). The van der Waals surface area contributed by atoms with Crippen LogP contribution in [0.4, 0.5) is 8.78 Å². The maximum absolute atomic E-state index is 13.0. The van der Waals surface area contributed by atoms with Crippen molar-refractivity contribution in [2.45, 2.75) is 64.3 Å². The molecule has 4 aliphatic rings. The quantitative estimate of drug-likeness (QED) is 0.807.